The molecule has 0 bridgehead atoms. The van der Waals surface area contributed by atoms with Gasteiger partial charge in [0.05, 0.1) is 10.2 Å². The van der Waals surface area contributed by atoms with E-state index in [9.17, 15) is 0 Å². The highest BCUT2D eigenvalue weighted by molar-refractivity contribution is 7.59. The summed E-state index contributed by atoms with van der Waals surface area (Å²) in [5.41, 5.74) is 3.15. The Kier molecular flexibility index (Phi) is 2.05. The van der Waals surface area contributed by atoms with Gasteiger partial charge in [0.25, 0.3) is 0 Å². The Labute approximate surface area is 102 Å². The minimum atomic E-state index is 0.616. The molecule has 0 atom stereocenters. The van der Waals surface area contributed by atoms with Crippen LogP contribution in [0.15, 0.2) is 17.4 Å². The molecule has 0 amide bonds. The van der Waals surface area contributed by atoms with Crippen LogP contribution in [0.2, 0.25) is 0 Å². The highest BCUT2D eigenvalue weighted by Gasteiger charge is 2.10. The summed E-state index contributed by atoms with van der Waals surface area (Å²) < 4.78 is 0.966. The van der Waals surface area contributed by atoms with Gasteiger partial charge >= 0.3 is 0 Å². The van der Waals surface area contributed by atoms with Crippen LogP contribution in [0.1, 0.15) is 11.3 Å². The highest BCUT2D eigenvalue weighted by Crippen LogP contribution is 2.34. The standard InChI is InChI=1S/C11H9N3S2/c1-5-3-6(2)14-11-7(5)8-9(16-11)10(15)13-4-12-8/h3-4H,1-2H3,(H,12,13,15)/p-1. The molecule has 0 saturated heterocycles. The first-order chi connectivity index (χ1) is 7.66. The van der Waals surface area contributed by atoms with Crippen LogP contribution in [-0.4, -0.2) is 15.0 Å². The van der Waals surface area contributed by atoms with E-state index >= 15 is 0 Å². The van der Waals surface area contributed by atoms with Crippen molar-refractivity contribution >= 4 is 44.4 Å². The number of hydrogen-bond donors (Lipinski definition) is 0. The molecule has 0 spiro atoms. The quantitative estimate of drug-likeness (QED) is 0.451. The van der Waals surface area contributed by atoms with Crippen LogP contribution in [0, 0.1) is 13.8 Å². The van der Waals surface area contributed by atoms with Gasteiger partial charge in [0.1, 0.15) is 11.2 Å². The monoisotopic (exact) mass is 246 g/mol. The van der Waals surface area contributed by atoms with Crippen LogP contribution in [0.4, 0.5) is 0 Å². The smallest absolute Gasteiger partial charge is 0.126 e. The number of rotatable bonds is 0. The number of pyridine rings is 1. The van der Waals surface area contributed by atoms with Crippen molar-refractivity contribution in [1.82, 2.24) is 15.0 Å². The largest absolute Gasteiger partial charge is 0.759 e. The summed E-state index contributed by atoms with van der Waals surface area (Å²) in [6.45, 7) is 4.07. The summed E-state index contributed by atoms with van der Waals surface area (Å²) in [6, 6.07) is 2.07. The summed E-state index contributed by atoms with van der Waals surface area (Å²) >= 11 is 6.78. The van der Waals surface area contributed by atoms with E-state index in [1.54, 1.807) is 11.3 Å². The lowest BCUT2D eigenvalue weighted by Crippen LogP contribution is -1.85. The van der Waals surface area contributed by atoms with Gasteiger partial charge in [-0.2, -0.15) is 0 Å². The molecule has 0 aromatic carbocycles. The molecular weight excluding hydrogens is 238 g/mol. The Morgan fingerprint density at radius 3 is 2.88 bits per heavy atom. The minimum absolute atomic E-state index is 0.616. The van der Waals surface area contributed by atoms with Crippen LogP contribution in [0.3, 0.4) is 0 Å². The maximum atomic E-state index is 5.20. The normalized spacial score (nSPS) is 11.4. The number of nitrogens with zero attached hydrogens (tertiary/aromatic N) is 3. The Balaban J connectivity index is 2.61. The minimum Gasteiger partial charge on any atom is -0.759 e. The van der Waals surface area contributed by atoms with E-state index in [4.69, 9.17) is 12.6 Å². The van der Waals surface area contributed by atoms with E-state index in [0.29, 0.717) is 5.03 Å². The van der Waals surface area contributed by atoms with Crippen LogP contribution < -0.4 is 0 Å². The maximum Gasteiger partial charge on any atom is 0.126 e. The number of fused-ring (bicyclic) bond motifs is 3. The average molecular weight is 246 g/mol. The lowest BCUT2D eigenvalue weighted by atomic mass is 10.1. The molecular formula is C11H8N3S2-. The molecule has 5 heteroatoms. The Morgan fingerprint density at radius 2 is 2.06 bits per heavy atom. The fraction of sp³-hybridized carbons (Fsp3) is 0.182. The predicted molar refractivity (Wildman–Crippen MR) is 67.8 cm³/mol. The van der Waals surface area contributed by atoms with E-state index < -0.39 is 0 Å². The van der Waals surface area contributed by atoms with Crippen LogP contribution in [0.25, 0.3) is 20.4 Å². The third kappa shape index (κ3) is 1.28. The molecule has 0 aliphatic rings. The van der Waals surface area contributed by atoms with Gasteiger partial charge in [0, 0.05) is 11.1 Å². The van der Waals surface area contributed by atoms with Crippen molar-refractivity contribution in [3.63, 3.8) is 0 Å². The van der Waals surface area contributed by atoms with Gasteiger partial charge in [-0.1, -0.05) is 5.03 Å². The number of aryl methyl sites for hydroxylation is 2. The van der Waals surface area contributed by atoms with Gasteiger partial charge in [0.2, 0.25) is 0 Å². The molecule has 3 heterocycles. The lowest BCUT2D eigenvalue weighted by molar-refractivity contribution is 1.12. The van der Waals surface area contributed by atoms with Gasteiger partial charge in [-0.15, -0.1) is 11.3 Å². The molecule has 80 valence electrons. The SMILES string of the molecule is Cc1cc(C)c2c(n1)sc1c([S-])ncnc12. The molecule has 0 aliphatic carbocycles. The molecule has 0 aliphatic heterocycles. The average Bonchev–Trinajstić information content (AvgIpc) is 2.57. The molecule has 16 heavy (non-hydrogen) atoms. The molecule has 0 saturated carbocycles. The van der Waals surface area contributed by atoms with E-state index in [-0.39, 0.29) is 0 Å². The summed E-state index contributed by atoms with van der Waals surface area (Å²) in [4.78, 5) is 13.9. The summed E-state index contributed by atoms with van der Waals surface area (Å²) in [6.07, 6.45) is 1.52. The third-order valence-electron chi connectivity index (χ3n) is 2.52. The van der Waals surface area contributed by atoms with Gasteiger partial charge < -0.3 is 12.6 Å². The van der Waals surface area contributed by atoms with Crippen molar-refractivity contribution in [2.24, 2.45) is 0 Å². The van der Waals surface area contributed by atoms with Crippen molar-refractivity contribution in [1.29, 1.82) is 0 Å². The Morgan fingerprint density at radius 1 is 1.25 bits per heavy atom. The number of hydrogen-bond acceptors (Lipinski definition) is 5. The molecule has 3 rings (SSSR count). The summed E-state index contributed by atoms with van der Waals surface area (Å²) in [7, 11) is 0. The first-order valence-corrected chi connectivity index (χ1v) is 6.08. The number of aromatic nitrogens is 3. The molecule has 0 N–H and O–H groups in total. The van der Waals surface area contributed by atoms with Crippen molar-refractivity contribution in [2.75, 3.05) is 0 Å². The van der Waals surface area contributed by atoms with Crippen LogP contribution in [0.5, 0.6) is 0 Å². The summed E-state index contributed by atoms with van der Waals surface area (Å²) in [5.74, 6) is 0. The maximum absolute atomic E-state index is 5.20. The molecule has 0 fully saturated rings. The summed E-state index contributed by atoms with van der Waals surface area (Å²) in [5, 5.41) is 1.73. The molecule has 0 unspecified atom stereocenters. The molecule has 3 aromatic heterocycles. The first-order valence-electron chi connectivity index (χ1n) is 4.85. The first kappa shape index (κ1) is 9.86. The molecule has 3 nitrogen and oxygen atoms in total. The van der Waals surface area contributed by atoms with Crippen molar-refractivity contribution in [3.05, 3.63) is 23.7 Å². The zero-order valence-corrected chi connectivity index (χ0v) is 10.4. The Bertz CT molecular complexity index is 703. The van der Waals surface area contributed by atoms with Crippen LogP contribution in [-0.2, 0) is 12.6 Å². The van der Waals surface area contributed by atoms with Gasteiger partial charge in [-0.25, -0.2) is 9.97 Å². The lowest BCUT2D eigenvalue weighted by Gasteiger charge is -2.03. The zero-order valence-electron chi connectivity index (χ0n) is 8.81. The van der Waals surface area contributed by atoms with E-state index in [0.717, 1.165) is 26.1 Å². The fourth-order valence-electron chi connectivity index (χ4n) is 1.89. The predicted octanol–water partition coefficient (Wildman–Crippen LogP) is 2.76. The zero-order chi connectivity index (χ0) is 11.3. The highest BCUT2D eigenvalue weighted by atomic mass is 32.1. The third-order valence-corrected chi connectivity index (χ3v) is 4.04. The second-order valence-corrected chi connectivity index (χ2v) is 5.11. The van der Waals surface area contributed by atoms with Crippen molar-refractivity contribution in [2.45, 2.75) is 18.9 Å². The molecule has 0 radical (unpaired) electrons. The van der Waals surface area contributed by atoms with E-state index in [1.165, 1.54) is 11.9 Å². The van der Waals surface area contributed by atoms with Gasteiger partial charge in [0.15, 0.2) is 0 Å². The number of thiophene rings is 1. The van der Waals surface area contributed by atoms with Gasteiger partial charge in [-0.05, 0) is 25.5 Å². The van der Waals surface area contributed by atoms with Crippen molar-refractivity contribution in [3.8, 4) is 0 Å². The Hall–Kier alpha value is -1.33. The van der Waals surface area contributed by atoms with Crippen molar-refractivity contribution < 1.29 is 0 Å². The van der Waals surface area contributed by atoms with Gasteiger partial charge in [-0.3, -0.25) is 4.98 Å². The van der Waals surface area contributed by atoms with Crippen LogP contribution >= 0.6 is 11.3 Å². The topological polar surface area (TPSA) is 38.7 Å². The second kappa shape index (κ2) is 3.33. The van der Waals surface area contributed by atoms with E-state index in [1.807, 2.05) is 6.92 Å². The molecule has 3 aromatic rings. The second-order valence-electron chi connectivity index (χ2n) is 3.72. The fourth-order valence-corrected chi connectivity index (χ4v) is 3.29. The van der Waals surface area contributed by atoms with E-state index in [2.05, 4.69) is 27.9 Å².